The normalized spacial score (nSPS) is 15.9. The number of pyridine rings is 1. The van der Waals surface area contributed by atoms with E-state index in [1.165, 1.54) is 0 Å². The van der Waals surface area contributed by atoms with Crippen LogP contribution in [-0.2, 0) is 0 Å². The molecule has 1 unspecified atom stereocenters. The highest BCUT2D eigenvalue weighted by Gasteiger charge is 2.29. The molecule has 3 heterocycles. The van der Waals surface area contributed by atoms with Crippen LogP contribution in [0.4, 0.5) is 0 Å². The summed E-state index contributed by atoms with van der Waals surface area (Å²) in [5.74, 6) is 0.547. The number of amides is 1. The number of para-hydroxylation sites is 1. The summed E-state index contributed by atoms with van der Waals surface area (Å²) in [7, 11) is 5.68. The Morgan fingerprint density at radius 3 is 2.76 bits per heavy atom. The number of phenols is 1. The topological polar surface area (TPSA) is 94.6 Å². The van der Waals surface area contributed by atoms with E-state index >= 15 is 0 Å². The lowest BCUT2D eigenvalue weighted by Gasteiger charge is -2.21. The number of aromatic amines is 1. The van der Waals surface area contributed by atoms with Crippen molar-refractivity contribution in [3.8, 4) is 33.9 Å². The van der Waals surface area contributed by atoms with Crippen molar-refractivity contribution in [2.24, 2.45) is 0 Å². The van der Waals surface area contributed by atoms with Gasteiger partial charge in [-0.05, 0) is 56.4 Å². The van der Waals surface area contributed by atoms with Gasteiger partial charge in [-0.2, -0.15) is 5.10 Å². The van der Waals surface area contributed by atoms with Gasteiger partial charge in [0.1, 0.15) is 17.2 Å². The van der Waals surface area contributed by atoms with E-state index in [1.54, 1.807) is 36.4 Å². The molecule has 2 aromatic carbocycles. The Morgan fingerprint density at radius 2 is 2.00 bits per heavy atom. The van der Waals surface area contributed by atoms with Crippen LogP contribution in [-0.4, -0.2) is 76.3 Å². The number of ether oxygens (including phenoxy) is 1. The minimum atomic E-state index is -0.157. The highest BCUT2D eigenvalue weighted by molar-refractivity contribution is 5.99. The molecule has 5 rings (SSSR count). The standard InChI is InChI=1S/C26H27N5O3/c1-30(2)18-10-11-31(15-18)26(33)20-12-16(8-9-22(20)32)17-13-21-24(28-29-25(21)27-14-17)19-6-4-5-7-23(19)34-3/h4-9,12-14,18,32H,10-11,15H2,1-3H3,(H,27,28,29). The number of rotatable bonds is 5. The molecule has 1 aliphatic heterocycles. The average Bonchev–Trinajstić information content (AvgIpc) is 3.51. The predicted molar refractivity (Wildman–Crippen MR) is 131 cm³/mol. The van der Waals surface area contributed by atoms with Crippen LogP contribution in [0.1, 0.15) is 16.8 Å². The number of aromatic nitrogens is 3. The van der Waals surface area contributed by atoms with Crippen molar-refractivity contribution >= 4 is 16.9 Å². The van der Waals surface area contributed by atoms with Crippen LogP contribution in [0.15, 0.2) is 54.7 Å². The van der Waals surface area contributed by atoms with Crippen LogP contribution in [0.5, 0.6) is 11.5 Å². The van der Waals surface area contributed by atoms with Crippen molar-refractivity contribution in [1.82, 2.24) is 25.0 Å². The van der Waals surface area contributed by atoms with E-state index in [2.05, 4.69) is 20.1 Å². The van der Waals surface area contributed by atoms with Crippen molar-refractivity contribution in [2.75, 3.05) is 34.3 Å². The average molecular weight is 458 g/mol. The first kappa shape index (κ1) is 21.9. The van der Waals surface area contributed by atoms with Crippen LogP contribution >= 0.6 is 0 Å². The zero-order chi connectivity index (χ0) is 23.8. The fourth-order valence-electron chi connectivity index (χ4n) is 4.51. The molecule has 2 aromatic heterocycles. The molecule has 4 aromatic rings. The van der Waals surface area contributed by atoms with Gasteiger partial charge < -0.3 is 19.6 Å². The quantitative estimate of drug-likeness (QED) is 0.474. The number of methoxy groups -OCH3 is 1. The van der Waals surface area contributed by atoms with E-state index in [1.807, 2.05) is 44.4 Å². The number of carbonyl (C=O) groups is 1. The Labute approximate surface area is 197 Å². The minimum absolute atomic E-state index is 0.0193. The number of likely N-dealkylation sites (N-methyl/N-ethyl adjacent to an activating group) is 1. The number of nitrogens with one attached hydrogen (secondary N) is 1. The fraction of sp³-hybridized carbons (Fsp3) is 0.269. The van der Waals surface area contributed by atoms with Crippen LogP contribution < -0.4 is 4.74 Å². The Kier molecular flexibility index (Phi) is 5.67. The van der Waals surface area contributed by atoms with E-state index in [0.29, 0.717) is 30.3 Å². The maximum atomic E-state index is 13.2. The smallest absolute Gasteiger partial charge is 0.257 e. The Hall–Kier alpha value is -3.91. The lowest BCUT2D eigenvalue weighted by Crippen LogP contribution is -2.34. The van der Waals surface area contributed by atoms with Gasteiger partial charge in [0.2, 0.25) is 0 Å². The summed E-state index contributed by atoms with van der Waals surface area (Å²) >= 11 is 0. The number of likely N-dealkylation sites (tertiary alicyclic amines) is 1. The third-order valence-corrected chi connectivity index (χ3v) is 6.52. The van der Waals surface area contributed by atoms with Gasteiger partial charge in [0.15, 0.2) is 5.65 Å². The second-order valence-corrected chi connectivity index (χ2v) is 8.78. The first-order chi connectivity index (χ1) is 16.5. The van der Waals surface area contributed by atoms with Crippen LogP contribution in [0.25, 0.3) is 33.4 Å². The van der Waals surface area contributed by atoms with Crippen molar-refractivity contribution in [3.05, 3.63) is 60.3 Å². The number of nitrogens with zero attached hydrogens (tertiary/aromatic N) is 4. The van der Waals surface area contributed by atoms with E-state index in [0.717, 1.165) is 39.9 Å². The Bertz CT molecular complexity index is 1360. The number of aromatic hydroxyl groups is 1. The first-order valence-electron chi connectivity index (χ1n) is 11.2. The molecule has 8 nitrogen and oxygen atoms in total. The van der Waals surface area contributed by atoms with E-state index < -0.39 is 0 Å². The van der Waals surface area contributed by atoms with Gasteiger partial charge in [-0.1, -0.05) is 18.2 Å². The third kappa shape index (κ3) is 3.86. The third-order valence-electron chi connectivity index (χ3n) is 6.52. The molecular weight excluding hydrogens is 430 g/mol. The Balaban J connectivity index is 1.51. The van der Waals surface area contributed by atoms with E-state index in [4.69, 9.17) is 4.74 Å². The molecule has 1 atom stereocenters. The highest BCUT2D eigenvalue weighted by atomic mass is 16.5. The van der Waals surface area contributed by atoms with Gasteiger partial charge in [0, 0.05) is 41.8 Å². The van der Waals surface area contributed by atoms with Gasteiger partial charge in [-0.15, -0.1) is 0 Å². The van der Waals surface area contributed by atoms with Crippen molar-refractivity contribution in [2.45, 2.75) is 12.5 Å². The number of hydrogen-bond acceptors (Lipinski definition) is 6. The molecule has 34 heavy (non-hydrogen) atoms. The maximum Gasteiger partial charge on any atom is 0.257 e. The summed E-state index contributed by atoms with van der Waals surface area (Å²) in [5.41, 5.74) is 4.18. The van der Waals surface area contributed by atoms with Crippen LogP contribution in [0.2, 0.25) is 0 Å². The molecule has 8 heteroatoms. The second-order valence-electron chi connectivity index (χ2n) is 8.78. The number of benzene rings is 2. The minimum Gasteiger partial charge on any atom is -0.507 e. The summed E-state index contributed by atoms with van der Waals surface area (Å²) in [6.07, 6.45) is 2.66. The van der Waals surface area contributed by atoms with Crippen molar-refractivity contribution < 1.29 is 14.6 Å². The SMILES string of the molecule is COc1ccccc1-c1n[nH]c2ncc(-c3ccc(O)c(C(=O)N4CCC(N(C)C)C4)c3)cc12. The molecule has 0 saturated carbocycles. The van der Waals surface area contributed by atoms with Gasteiger partial charge in [0.25, 0.3) is 5.91 Å². The molecule has 1 saturated heterocycles. The number of phenolic OH excluding ortho intramolecular Hbond substituents is 1. The fourth-order valence-corrected chi connectivity index (χ4v) is 4.51. The molecule has 1 aliphatic rings. The first-order valence-corrected chi connectivity index (χ1v) is 11.2. The largest absolute Gasteiger partial charge is 0.507 e. The summed E-state index contributed by atoms with van der Waals surface area (Å²) in [4.78, 5) is 21.7. The second kappa shape index (κ2) is 8.79. The van der Waals surface area contributed by atoms with Crippen LogP contribution in [0, 0.1) is 0 Å². The number of carbonyl (C=O) groups excluding carboxylic acids is 1. The summed E-state index contributed by atoms with van der Waals surface area (Å²) in [6, 6.07) is 15.1. The number of hydrogen-bond donors (Lipinski definition) is 2. The van der Waals surface area contributed by atoms with Gasteiger partial charge >= 0.3 is 0 Å². The number of H-pyrrole nitrogens is 1. The van der Waals surface area contributed by atoms with Crippen LogP contribution in [0.3, 0.4) is 0 Å². The molecule has 1 amide bonds. The Morgan fingerprint density at radius 1 is 1.18 bits per heavy atom. The molecule has 0 aliphatic carbocycles. The molecule has 0 bridgehead atoms. The molecule has 174 valence electrons. The van der Waals surface area contributed by atoms with E-state index in [9.17, 15) is 9.90 Å². The molecule has 0 spiro atoms. The molecule has 0 radical (unpaired) electrons. The summed E-state index contributed by atoms with van der Waals surface area (Å²) < 4.78 is 5.51. The van der Waals surface area contributed by atoms with Gasteiger partial charge in [-0.3, -0.25) is 9.89 Å². The predicted octanol–water partition coefficient (Wildman–Crippen LogP) is 3.78. The maximum absolute atomic E-state index is 13.2. The number of fused-ring (bicyclic) bond motifs is 1. The molecule has 2 N–H and O–H groups in total. The lowest BCUT2D eigenvalue weighted by molar-refractivity contribution is 0.0780. The van der Waals surface area contributed by atoms with Gasteiger partial charge in [-0.25, -0.2) is 4.98 Å². The lowest BCUT2D eigenvalue weighted by atomic mass is 10.0. The zero-order valence-electron chi connectivity index (χ0n) is 19.4. The highest BCUT2D eigenvalue weighted by Crippen LogP contribution is 2.35. The van der Waals surface area contributed by atoms with Crippen molar-refractivity contribution in [3.63, 3.8) is 0 Å². The summed E-state index contributed by atoms with van der Waals surface area (Å²) in [6.45, 7) is 1.33. The monoisotopic (exact) mass is 457 g/mol. The summed E-state index contributed by atoms with van der Waals surface area (Å²) in [5, 5.41) is 18.8. The molecular formula is C26H27N5O3. The van der Waals surface area contributed by atoms with Crippen molar-refractivity contribution in [1.29, 1.82) is 0 Å². The van der Waals surface area contributed by atoms with Gasteiger partial charge in [0.05, 0.1) is 12.7 Å². The zero-order valence-corrected chi connectivity index (χ0v) is 19.4. The molecule has 1 fully saturated rings. The van der Waals surface area contributed by atoms with E-state index in [-0.39, 0.29) is 11.7 Å².